The van der Waals surface area contributed by atoms with Gasteiger partial charge in [0.05, 0.1) is 0 Å². The van der Waals surface area contributed by atoms with E-state index in [2.05, 4.69) is 38.9 Å². The van der Waals surface area contributed by atoms with Crippen LogP contribution >= 0.6 is 0 Å². The summed E-state index contributed by atoms with van der Waals surface area (Å²) in [5.74, 6) is 1.07. The Bertz CT molecular complexity index is 516. The normalized spacial score (nSPS) is 16.6. The largest absolute Gasteiger partial charge is 0.354 e. The van der Waals surface area contributed by atoms with Gasteiger partial charge in [0, 0.05) is 50.3 Å². The molecule has 0 aromatic carbocycles. The van der Waals surface area contributed by atoms with Gasteiger partial charge < -0.3 is 9.80 Å². The first-order chi connectivity index (χ1) is 9.33. The van der Waals surface area contributed by atoms with E-state index in [0.717, 1.165) is 43.1 Å². The fourth-order valence-electron chi connectivity index (χ4n) is 2.32. The second-order valence-corrected chi connectivity index (χ2v) is 4.93. The number of aromatic nitrogens is 2. The lowest BCUT2D eigenvalue weighted by Crippen LogP contribution is -2.44. The van der Waals surface area contributed by atoms with Gasteiger partial charge in [-0.25, -0.2) is 4.98 Å². The summed E-state index contributed by atoms with van der Waals surface area (Å²) in [6, 6.07) is 8.26. The summed E-state index contributed by atoms with van der Waals surface area (Å²) in [6.45, 7) is 4.32. The van der Waals surface area contributed by atoms with E-state index in [-0.39, 0.29) is 0 Å². The van der Waals surface area contributed by atoms with Crippen molar-refractivity contribution in [2.24, 2.45) is 0 Å². The molecule has 3 rings (SSSR count). The predicted octanol–water partition coefficient (Wildman–Crippen LogP) is 1.90. The maximum Gasteiger partial charge on any atom is 0.128 e. The molecule has 0 amide bonds. The molecule has 0 unspecified atom stereocenters. The number of likely N-dealkylation sites (N-methyl/N-ethyl adjacent to an activating group) is 1. The lowest BCUT2D eigenvalue weighted by atomic mass is 10.1. The molecule has 1 aliphatic rings. The van der Waals surface area contributed by atoms with Crippen LogP contribution in [0.2, 0.25) is 0 Å². The highest BCUT2D eigenvalue weighted by Gasteiger charge is 2.14. The van der Waals surface area contributed by atoms with Crippen molar-refractivity contribution < 1.29 is 0 Å². The Balaban J connectivity index is 1.76. The molecule has 98 valence electrons. The molecular weight excluding hydrogens is 236 g/mol. The van der Waals surface area contributed by atoms with Crippen molar-refractivity contribution in [3.05, 3.63) is 42.9 Å². The van der Waals surface area contributed by atoms with Crippen molar-refractivity contribution in [2.45, 2.75) is 0 Å². The third-order valence-corrected chi connectivity index (χ3v) is 3.59. The van der Waals surface area contributed by atoms with Gasteiger partial charge in [0.1, 0.15) is 5.82 Å². The highest BCUT2D eigenvalue weighted by molar-refractivity contribution is 5.63. The Morgan fingerprint density at radius 3 is 2.26 bits per heavy atom. The van der Waals surface area contributed by atoms with Gasteiger partial charge >= 0.3 is 0 Å². The first kappa shape index (κ1) is 12.1. The number of hydrogen-bond donors (Lipinski definition) is 0. The van der Waals surface area contributed by atoms with Crippen LogP contribution in [0.3, 0.4) is 0 Å². The topological polar surface area (TPSA) is 32.3 Å². The van der Waals surface area contributed by atoms with Gasteiger partial charge in [0.2, 0.25) is 0 Å². The van der Waals surface area contributed by atoms with Crippen LogP contribution in [0.5, 0.6) is 0 Å². The quantitative estimate of drug-likeness (QED) is 0.819. The maximum atomic E-state index is 4.59. The molecule has 2 aromatic heterocycles. The van der Waals surface area contributed by atoms with Crippen LogP contribution in [0.25, 0.3) is 11.1 Å². The SMILES string of the molecule is CN1CCN(c2ccc(-c3ccncc3)cn2)CC1. The smallest absolute Gasteiger partial charge is 0.128 e. The minimum Gasteiger partial charge on any atom is -0.354 e. The van der Waals surface area contributed by atoms with Gasteiger partial charge in [-0.15, -0.1) is 0 Å². The maximum absolute atomic E-state index is 4.59. The number of rotatable bonds is 2. The number of anilines is 1. The van der Waals surface area contributed by atoms with Crippen LogP contribution in [0, 0.1) is 0 Å². The minimum atomic E-state index is 1.05. The zero-order valence-corrected chi connectivity index (χ0v) is 11.2. The molecule has 0 spiro atoms. The molecule has 2 aromatic rings. The molecule has 0 aliphatic carbocycles. The summed E-state index contributed by atoms with van der Waals surface area (Å²) < 4.78 is 0. The van der Waals surface area contributed by atoms with Crippen LogP contribution in [-0.4, -0.2) is 48.1 Å². The fraction of sp³-hybridized carbons (Fsp3) is 0.333. The standard InChI is InChI=1S/C15H18N4/c1-18-8-10-19(11-9-18)15-3-2-14(12-17-15)13-4-6-16-7-5-13/h2-7,12H,8-11H2,1H3. The molecule has 1 aliphatic heterocycles. The van der Waals surface area contributed by atoms with E-state index in [1.54, 1.807) is 0 Å². The van der Waals surface area contributed by atoms with Crippen LogP contribution < -0.4 is 4.90 Å². The minimum absolute atomic E-state index is 1.05. The van der Waals surface area contributed by atoms with E-state index in [1.165, 1.54) is 0 Å². The molecule has 3 heterocycles. The third kappa shape index (κ3) is 2.74. The van der Waals surface area contributed by atoms with Crippen molar-refractivity contribution >= 4 is 5.82 Å². The molecule has 1 fully saturated rings. The lowest BCUT2D eigenvalue weighted by Gasteiger charge is -2.33. The first-order valence-electron chi connectivity index (χ1n) is 6.63. The van der Waals surface area contributed by atoms with Crippen LogP contribution in [0.1, 0.15) is 0 Å². The predicted molar refractivity (Wildman–Crippen MR) is 77.2 cm³/mol. The molecular formula is C15H18N4. The van der Waals surface area contributed by atoms with Gasteiger partial charge in [-0.1, -0.05) is 0 Å². The molecule has 0 atom stereocenters. The molecule has 0 bridgehead atoms. The van der Waals surface area contributed by atoms with Crippen molar-refractivity contribution in [3.8, 4) is 11.1 Å². The lowest BCUT2D eigenvalue weighted by molar-refractivity contribution is 0.312. The number of nitrogens with zero attached hydrogens (tertiary/aromatic N) is 4. The van der Waals surface area contributed by atoms with E-state index < -0.39 is 0 Å². The fourth-order valence-corrected chi connectivity index (χ4v) is 2.32. The van der Waals surface area contributed by atoms with Crippen molar-refractivity contribution in [1.29, 1.82) is 0 Å². The van der Waals surface area contributed by atoms with Crippen molar-refractivity contribution in [1.82, 2.24) is 14.9 Å². The van der Waals surface area contributed by atoms with E-state index in [1.807, 2.05) is 30.7 Å². The Hall–Kier alpha value is -1.94. The van der Waals surface area contributed by atoms with E-state index >= 15 is 0 Å². The average Bonchev–Trinajstić information content (AvgIpc) is 2.49. The van der Waals surface area contributed by atoms with Gasteiger partial charge in [0.25, 0.3) is 0 Å². The summed E-state index contributed by atoms with van der Waals surface area (Å²) >= 11 is 0. The third-order valence-electron chi connectivity index (χ3n) is 3.59. The summed E-state index contributed by atoms with van der Waals surface area (Å²) in [6.07, 6.45) is 5.57. The summed E-state index contributed by atoms with van der Waals surface area (Å²) in [5.41, 5.74) is 2.30. The molecule has 0 radical (unpaired) electrons. The Kier molecular flexibility index (Phi) is 3.42. The van der Waals surface area contributed by atoms with Crippen molar-refractivity contribution in [2.75, 3.05) is 38.1 Å². The number of piperazine rings is 1. The summed E-state index contributed by atoms with van der Waals surface area (Å²) in [4.78, 5) is 13.3. The number of pyridine rings is 2. The van der Waals surface area contributed by atoms with Gasteiger partial charge in [-0.3, -0.25) is 4.98 Å². The first-order valence-corrected chi connectivity index (χ1v) is 6.63. The highest BCUT2D eigenvalue weighted by atomic mass is 15.3. The second-order valence-electron chi connectivity index (χ2n) is 4.93. The molecule has 0 saturated carbocycles. The summed E-state index contributed by atoms with van der Waals surface area (Å²) in [5, 5.41) is 0. The van der Waals surface area contributed by atoms with Gasteiger partial charge in [0.15, 0.2) is 0 Å². The zero-order chi connectivity index (χ0) is 13.1. The highest BCUT2D eigenvalue weighted by Crippen LogP contribution is 2.20. The van der Waals surface area contributed by atoms with Crippen LogP contribution in [-0.2, 0) is 0 Å². The molecule has 4 heteroatoms. The van der Waals surface area contributed by atoms with E-state index in [4.69, 9.17) is 0 Å². The second kappa shape index (κ2) is 5.36. The molecule has 0 N–H and O–H groups in total. The monoisotopic (exact) mass is 254 g/mol. The average molecular weight is 254 g/mol. The van der Waals surface area contributed by atoms with Crippen LogP contribution in [0.4, 0.5) is 5.82 Å². The van der Waals surface area contributed by atoms with E-state index in [0.29, 0.717) is 0 Å². The van der Waals surface area contributed by atoms with Gasteiger partial charge in [-0.2, -0.15) is 0 Å². The Morgan fingerprint density at radius 2 is 1.63 bits per heavy atom. The Labute approximate surface area is 113 Å². The zero-order valence-electron chi connectivity index (χ0n) is 11.2. The molecule has 4 nitrogen and oxygen atoms in total. The summed E-state index contributed by atoms with van der Waals surface area (Å²) in [7, 11) is 2.16. The Morgan fingerprint density at radius 1 is 0.895 bits per heavy atom. The van der Waals surface area contributed by atoms with Gasteiger partial charge in [-0.05, 0) is 36.9 Å². The number of hydrogen-bond acceptors (Lipinski definition) is 4. The van der Waals surface area contributed by atoms with E-state index in [9.17, 15) is 0 Å². The van der Waals surface area contributed by atoms with Crippen molar-refractivity contribution in [3.63, 3.8) is 0 Å². The molecule has 1 saturated heterocycles. The molecule has 19 heavy (non-hydrogen) atoms. The van der Waals surface area contributed by atoms with Crippen LogP contribution in [0.15, 0.2) is 42.9 Å².